The van der Waals surface area contributed by atoms with Crippen molar-refractivity contribution in [2.75, 3.05) is 13.1 Å². The van der Waals surface area contributed by atoms with Crippen molar-refractivity contribution in [3.8, 4) is 0 Å². The Hall–Kier alpha value is -3.45. The highest BCUT2D eigenvalue weighted by Crippen LogP contribution is 2.37. The topological polar surface area (TPSA) is 63.4 Å². The summed E-state index contributed by atoms with van der Waals surface area (Å²) >= 11 is 0. The van der Waals surface area contributed by atoms with Crippen LogP contribution in [0.2, 0.25) is 0 Å². The zero-order valence-electron chi connectivity index (χ0n) is 15.6. The molecule has 0 unspecified atom stereocenters. The Morgan fingerprint density at radius 1 is 1.17 bits per heavy atom. The number of carbonyl (C=O) groups excluding carboxylic acids is 1. The van der Waals surface area contributed by atoms with Gasteiger partial charge < -0.3 is 15.2 Å². The lowest BCUT2D eigenvalue weighted by atomic mass is 9.98. The van der Waals surface area contributed by atoms with Crippen molar-refractivity contribution >= 4 is 33.6 Å². The summed E-state index contributed by atoms with van der Waals surface area (Å²) in [6.07, 6.45) is 5.69. The number of nitrogens with zero attached hydrogens (tertiary/aromatic N) is 3. The molecule has 0 saturated heterocycles. The molecule has 4 aromatic rings. The van der Waals surface area contributed by atoms with Gasteiger partial charge in [-0.25, -0.2) is 9.37 Å². The van der Waals surface area contributed by atoms with E-state index in [2.05, 4.69) is 26.4 Å². The van der Waals surface area contributed by atoms with E-state index in [4.69, 9.17) is 0 Å². The first kappa shape index (κ1) is 16.5. The molecule has 1 aromatic carbocycles. The van der Waals surface area contributed by atoms with Gasteiger partial charge in [0.15, 0.2) is 0 Å². The fraction of sp³-hybridized carbons (Fsp3) is 0.182. The molecule has 6 rings (SSSR count). The van der Waals surface area contributed by atoms with Gasteiger partial charge in [-0.15, -0.1) is 0 Å². The van der Waals surface area contributed by atoms with Gasteiger partial charge in [0.25, 0.3) is 5.91 Å². The number of imidazole rings is 1. The molecule has 144 valence electrons. The van der Waals surface area contributed by atoms with Gasteiger partial charge in [-0.2, -0.15) is 0 Å². The van der Waals surface area contributed by atoms with Gasteiger partial charge in [-0.1, -0.05) is 6.07 Å². The normalized spacial score (nSPS) is 16.7. The number of carbonyl (C=O) groups is 1. The van der Waals surface area contributed by atoms with Gasteiger partial charge in [-0.3, -0.25) is 9.20 Å². The highest BCUT2D eigenvalue weighted by Gasteiger charge is 2.30. The van der Waals surface area contributed by atoms with Crippen LogP contribution in [0.15, 0.2) is 48.9 Å². The average molecular weight is 387 g/mol. The van der Waals surface area contributed by atoms with Crippen molar-refractivity contribution in [1.82, 2.24) is 24.6 Å². The molecule has 0 bridgehead atoms. The fourth-order valence-corrected chi connectivity index (χ4v) is 4.57. The zero-order valence-corrected chi connectivity index (χ0v) is 15.6. The Balaban J connectivity index is 1.66. The molecule has 1 amide bonds. The molecule has 3 aromatic heterocycles. The smallest absolute Gasteiger partial charge is 0.254 e. The van der Waals surface area contributed by atoms with E-state index in [1.54, 1.807) is 18.3 Å². The highest BCUT2D eigenvalue weighted by atomic mass is 19.1. The molecule has 5 heterocycles. The summed E-state index contributed by atoms with van der Waals surface area (Å²) in [6.45, 7) is 2.66. The molecular formula is C22H18FN5O. The number of halogens is 1. The second-order valence-electron chi connectivity index (χ2n) is 7.48. The van der Waals surface area contributed by atoms with Gasteiger partial charge in [-0.05, 0) is 35.4 Å². The van der Waals surface area contributed by atoms with Crippen molar-refractivity contribution in [2.45, 2.75) is 13.1 Å². The van der Waals surface area contributed by atoms with E-state index in [1.165, 1.54) is 0 Å². The standard InChI is InChI=1S/C22H18FN5O/c23-14-7-13-9-24-4-6-27-12-17(15(8-14)21(13)27)16-10-26-22(29)20(16)18-11-25-19-3-1-2-5-28(18)19/h1-3,5,7-8,11-12,24H,4,6,9-10H2,(H,26,29). The molecule has 0 aliphatic carbocycles. The zero-order chi connectivity index (χ0) is 19.5. The predicted molar refractivity (Wildman–Crippen MR) is 109 cm³/mol. The van der Waals surface area contributed by atoms with E-state index >= 15 is 0 Å². The molecule has 0 fully saturated rings. The Labute approximate surface area is 165 Å². The molecular weight excluding hydrogens is 369 g/mol. The minimum atomic E-state index is -0.260. The molecule has 2 N–H and O–H groups in total. The van der Waals surface area contributed by atoms with Crippen LogP contribution in [0.1, 0.15) is 16.8 Å². The number of nitrogens with one attached hydrogen (secondary N) is 2. The SMILES string of the molecule is O=C1NCC(c2cn3c4c(cc(F)cc24)CNCC3)=C1c1cnc2ccccn12. The first-order chi connectivity index (χ1) is 14.2. The number of hydrogen-bond donors (Lipinski definition) is 2. The third kappa shape index (κ3) is 2.37. The molecule has 2 aliphatic rings. The lowest BCUT2D eigenvalue weighted by Crippen LogP contribution is -2.17. The maximum Gasteiger partial charge on any atom is 0.254 e. The molecule has 6 nitrogen and oxygen atoms in total. The second kappa shape index (κ2) is 6.02. The maximum atomic E-state index is 14.4. The summed E-state index contributed by atoms with van der Waals surface area (Å²) in [6, 6.07) is 8.91. The van der Waals surface area contributed by atoms with Gasteiger partial charge in [0.1, 0.15) is 11.5 Å². The molecule has 7 heteroatoms. The van der Waals surface area contributed by atoms with E-state index in [9.17, 15) is 9.18 Å². The van der Waals surface area contributed by atoms with Crippen LogP contribution in [0.5, 0.6) is 0 Å². The Bertz CT molecular complexity index is 1350. The van der Waals surface area contributed by atoms with Crippen molar-refractivity contribution in [1.29, 1.82) is 0 Å². The quantitative estimate of drug-likeness (QED) is 0.556. The van der Waals surface area contributed by atoms with Crippen molar-refractivity contribution in [2.24, 2.45) is 0 Å². The number of pyridine rings is 1. The third-order valence-corrected chi connectivity index (χ3v) is 5.81. The summed E-state index contributed by atoms with van der Waals surface area (Å²) in [5.74, 6) is -0.388. The monoisotopic (exact) mass is 387 g/mol. The maximum absolute atomic E-state index is 14.4. The molecule has 0 saturated carbocycles. The minimum Gasteiger partial charge on any atom is -0.348 e. The summed E-state index contributed by atoms with van der Waals surface area (Å²) in [5.41, 5.74) is 5.90. The third-order valence-electron chi connectivity index (χ3n) is 5.81. The molecule has 0 spiro atoms. The van der Waals surface area contributed by atoms with Crippen LogP contribution in [0.25, 0.3) is 27.7 Å². The summed E-state index contributed by atoms with van der Waals surface area (Å²) in [7, 11) is 0. The first-order valence-corrected chi connectivity index (χ1v) is 9.67. The number of rotatable bonds is 2. The van der Waals surface area contributed by atoms with Crippen LogP contribution in [-0.2, 0) is 17.9 Å². The van der Waals surface area contributed by atoms with Gasteiger partial charge >= 0.3 is 0 Å². The minimum absolute atomic E-state index is 0.128. The first-order valence-electron chi connectivity index (χ1n) is 9.67. The largest absolute Gasteiger partial charge is 0.348 e. The van der Waals surface area contributed by atoms with Crippen LogP contribution < -0.4 is 10.6 Å². The second-order valence-corrected chi connectivity index (χ2v) is 7.48. The van der Waals surface area contributed by atoms with Crippen molar-refractivity contribution in [3.63, 3.8) is 0 Å². The van der Waals surface area contributed by atoms with E-state index < -0.39 is 0 Å². The van der Waals surface area contributed by atoms with E-state index in [1.807, 2.05) is 28.8 Å². The van der Waals surface area contributed by atoms with E-state index in [0.29, 0.717) is 18.7 Å². The fourth-order valence-electron chi connectivity index (χ4n) is 4.57. The lowest BCUT2D eigenvalue weighted by Gasteiger charge is -2.07. The van der Waals surface area contributed by atoms with Gasteiger partial charge in [0.05, 0.1) is 23.0 Å². The summed E-state index contributed by atoms with van der Waals surface area (Å²) in [4.78, 5) is 17.2. The number of benzene rings is 1. The Kier molecular flexibility index (Phi) is 3.43. The number of fused-ring (bicyclic) bond motifs is 1. The highest BCUT2D eigenvalue weighted by molar-refractivity contribution is 6.31. The summed E-state index contributed by atoms with van der Waals surface area (Å²) < 4.78 is 18.5. The van der Waals surface area contributed by atoms with Crippen LogP contribution in [0.3, 0.4) is 0 Å². The Morgan fingerprint density at radius 2 is 2.10 bits per heavy atom. The number of amides is 1. The Morgan fingerprint density at radius 3 is 3.03 bits per heavy atom. The average Bonchev–Trinajstić information content (AvgIpc) is 3.35. The molecule has 0 radical (unpaired) electrons. The van der Waals surface area contributed by atoms with E-state index in [0.717, 1.165) is 52.0 Å². The predicted octanol–water partition coefficient (Wildman–Crippen LogP) is 2.57. The number of aromatic nitrogens is 3. The molecule has 2 aliphatic heterocycles. The van der Waals surface area contributed by atoms with Crippen molar-refractivity contribution in [3.05, 3.63) is 71.6 Å². The molecule has 29 heavy (non-hydrogen) atoms. The molecule has 0 atom stereocenters. The van der Waals surface area contributed by atoms with Crippen LogP contribution in [0.4, 0.5) is 4.39 Å². The van der Waals surface area contributed by atoms with Crippen LogP contribution in [-0.4, -0.2) is 32.9 Å². The summed E-state index contributed by atoms with van der Waals surface area (Å²) in [5, 5.41) is 7.14. The van der Waals surface area contributed by atoms with Crippen LogP contribution in [0, 0.1) is 5.82 Å². The van der Waals surface area contributed by atoms with Crippen LogP contribution >= 0.6 is 0 Å². The number of hydrogen-bond acceptors (Lipinski definition) is 3. The van der Waals surface area contributed by atoms with Crippen molar-refractivity contribution < 1.29 is 9.18 Å². The van der Waals surface area contributed by atoms with E-state index in [-0.39, 0.29) is 11.7 Å². The van der Waals surface area contributed by atoms with Gasteiger partial charge in [0.2, 0.25) is 0 Å². The lowest BCUT2D eigenvalue weighted by molar-refractivity contribution is -0.114. The van der Waals surface area contributed by atoms with Gasteiger partial charge in [0, 0.05) is 49.5 Å².